The summed E-state index contributed by atoms with van der Waals surface area (Å²) in [7, 11) is 1.61. The van der Waals surface area contributed by atoms with E-state index in [0.29, 0.717) is 18.9 Å². The van der Waals surface area contributed by atoms with Gasteiger partial charge in [0.15, 0.2) is 0 Å². The lowest BCUT2D eigenvalue weighted by Gasteiger charge is -2.03. The van der Waals surface area contributed by atoms with E-state index in [1.807, 2.05) is 0 Å². The second-order valence-corrected chi connectivity index (χ2v) is 3.39. The average Bonchev–Trinajstić information content (AvgIpc) is 2.29. The fourth-order valence-electron chi connectivity index (χ4n) is 1.30. The van der Waals surface area contributed by atoms with Crippen molar-refractivity contribution in [3.63, 3.8) is 0 Å². The van der Waals surface area contributed by atoms with Gasteiger partial charge in [0.05, 0.1) is 6.61 Å². The molecular weight excluding hydrogens is 224 g/mol. The molecule has 0 aromatic carbocycles. The number of aromatic nitrogens is 2. The molecule has 1 N–H and O–H groups in total. The largest absolute Gasteiger partial charge is 0.462 e. The van der Waals surface area contributed by atoms with Crippen molar-refractivity contribution in [1.29, 1.82) is 0 Å². The van der Waals surface area contributed by atoms with Crippen LogP contribution in [0, 0.1) is 0 Å². The Morgan fingerprint density at radius 2 is 2.29 bits per heavy atom. The molecule has 0 amide bonds. The molecule has 1 heterocycles. The molecule has 0 spiro atoms. The minimum atomic E-state index is -0.648. The van der Waals surface area contributed by atoms with Gasteiger partial charge in [0.25, 0.3) is 5.56 Å². The Bertz CT molecular complexity index is 428. The Morgan fingerprint density at radius 3 is 2.88 bits per heavy atom. The first kappa shape index (κ1) is 13.4. The van der Waals surface area contributed by atoms with Crippen LogP contribution in [0.2, 0.25) is 0 Å². The molecule has 1 aromatic rings. The molecule has 0 fully saturated rings. The molecule has 17 heavy (non-hydrogen) atoms. The minimum Gasteiger partial charge on any atom is -0.462 e. The molecule has 0 bridgehead atoms. The van der Waals surface area contributed by atoms with Crippen LogP contribution in [0.3, 0.4) is 0 Å². The Morgan fingerprint density at radius 1 is 1.53 bits per heavy atom. The lowest BCUT2D eigenvalue weighted by Crippen LogP contribution is -2.22. The van der Waals surface area contributed by atoms with Crippen LogP contribution in [0.4, 0.5) is 0 Å². The molecular formula is C11H16N2O4. The third-order valence-corrected chi connectivity index (χ3v) is 2.11. The highest BCUT2D eigenvalue weighted by molar-refractivity contribution is 5.88. The third-order valence-electron chi connectivity index (χ3n) is 2.11. The molecule has 94 valence electrons. The number of esters is 1. The van der Waals surface area contributed by atoms with Crippen molar-refractivity contribution in [2.45, 2.75) is 19.8 Å². The lowest BCUT2D eigenvalue weighted by molar-refractivity contribution is 0.0523. The molecule has 0 radical (unpaired) electrons. The molecule has 0 aliphatic carbocycles. The number of nitrogens with zero attached hydrogens (tertiary/aromatic N) is 1. The fraction of sp³-hybridized carbons (Fsp3) is 0.545. The van der Waals surface area contributed by atoms with Crippen LogP contribution >= 0.6 is 0 Å². The van der Waals surface area contributed by atoms with Gasteiger partial charge in [-0.2, -0.15) is 0 Å². The number of hydrogen-bond acceptors (Lipinski definition) is 5. The molecule has 6 nitrogen and oxygen atoms in total. The maximum Gasteiger partial charge on any atom is 0.345 e. The van der Waals surface area contributed by atoms with Gasteiger partial charge < -0.3 is 14.5 Å². The van der Waals surface area contributed by atoms with E-state index in [1.54, 1.807) is 14.0 Å². The van der Waals surface area contributed by atoms with Gasteiger partial charge >= 0.3 is 5.97 Å². The Balaban J connectivity index is 2.72. The lowest BCUT2D eigenvalue weighted by atomic mass is 10.3. The number of H-pyrrole nitrogens is 1. The number of rotatable bonds is 6. The number of methoxy groups -OCH3 is 1. The number of aromatic amines is 1. The van der Waals surface area contributed by atoms with Crippen LogP contribution in [-0.4, -0.2) is 36.3 Å². The topological polar surface area (TPSA) is 81.3 Å². The molecule has 1 rings (SSSR count). The second kappa shape index (κ2) is 6.80. The first-order valence-electron chi connectivity index (χ1n) is 5.43. The molecule has 0 aliphatic rings. The first-order chi connectivity index (χ1) is 8.19. The standard InChI is InChI=1S/C11H16N2O4/c1-3-17-11(15)8-7-12-9(13-10(8)14)5-4-6-16-2/h7H,3-6H2,1-2H3,(H,12,13,14). The van der Waals surface area contributed by atoms with E-state index < -0.39 is 11.5 Å². The van der Waals surface area contributed by atoms with Crippen LogP contribution in [0.15, 0.2) is 11.0 Å². The van der Waals surface area contributed by atoms with Gasteiger partial charge in [-0.15, -0.1) is 0 Å². The smallest absolute Gasteiger partial charge is 0.345 e. The summed E-state index contributed by atoms with van der Waals surface area (Å²) in [4.78, 5) is 29.5. The average molecular weight is 240 g/mol. The number of carbonyl (C=O) groups is 1. The Hall–Kier alpha value is -1.69. The number of aryl methyl sites for hydroxylation is 1. The van der Waals surface area contributed by atoms with Gasteiger partial charge in [-0.25, -0.2) is 9.78 Å². The van der Waals surface area contributed by atoms with Gasteiger partial charge in [0, 0.05) is 26.3 Å². The van der Waals surface area contributed by atoms with Crippen LogP contribution in [-0.2, 0) is 15.9 Å². The Labute approximate surface area is 99.0 Å². The molecule has 0 atom stereocenters. The summed E-state index contributed by atoms with van der Waals surface area (Å²) in [5, 5.41) is 0. The highest BCUT2D eigenvalue weighted by atomic mass is 16.5. The number of carbonyl (C=O) groups excluding carboxylic acids is 1. The predicted octanol–water partition coefficient (Wildman–Crippen LogP) is 0.526. The van der Waals surface area contributed by atoms with Crippen LogP contribution in [0.25, 0.3) is 0 Å². The van der Waals surface area contributed by atoms with Crippen molar-refractivity contribution < 1.29 is 14.3 Å². The highest BCUT2D eigenvalue weighted by Gasteiger charge is 2.12. The van der Waals surface area contributed by atoms with E-state index in [0.717, 1.165) is 6.42 Å². The molecule has 0 saturated carbocycles. The van der Waals surface area contributed by atoms with E-state index in [9.17, 15) is 9.59 Å². The van der Waals surface area contributed by atoms with Crippen molar-refractivity contribution in [2.75, 3.05) is 20.3 Å². The molecule has 0 aliphatic heterocycles. The van der Waals surface area contributed by atoms with Crippen molar-refractivity contribution >= 4 is 5.97 Å². The molecule has 1 aromatic heterocycles. The van der Waals surface area contributed by atoms with E-state index in [-0.39, 0.29) is 12.2 Å². The van der Waals surface area contributed by atoms with E-state index in [1.165, 1.54) is 6.20 Å². The summed E-state index contributed by atoms with van der Waals surface area (Å²) in [6.07, 6.45) is 2.61. The van der Waals surface area contributed by atoms with Gasteiger partial charge in [-0.1, -0.05) is 0 Å². The zero-order valence-corrected chi connectivity index (χ0v) is 9.99. The minimum absolute atomic E-state index is 0.0673. The summed E-state index contributed by atoms with van der Waals surface area (Å²) in [5.41, 5.74) is -0.534. The summed E-state index contributed by atoms with van der Waals surface area (Å²) in [6.45, 7) is 2.51. The number of nitrogens with one attached hydrogen (secondary N) is 1. The normalized spacial score (nSPS) is 10.2. The van der Waals surface area contributed by atoms with Gasteiger partial charge in [0.2, 0.25) is 0 Å². The first-order valence-corrected chi connectivity index (χ1v) is 5.43. The summed E-state index contributed by atoms with van der Waals surface area (Å²) < 4.78 is 9.62. The zero-order chi connectivity index (χ0) is 12.7. The highest BCUT2D eigenvalue weighted by Crippen LogP contribution is 1.97. The number of hydrogen-bond donors (Lipinski definition) is 1. The maximum atomic E-state index is 11.6. The summed E-state index contributed by atoms with van der Waals surface area (Å²) in [5.74, 6) is -0.107. The monoisotopic (exact) mass is 240 g/mol. The molecule has 0 saturated heterocycles. The predicted molar refractivity (Wildman–Crippen MR) is 61.0 cm³/mol. The summed E-state index contributed by atoms with van der Waals surface area (Å²) in [6, 6.07) is 0. The molecule has 0 unspecified atom stereocenters. The van der Waals surface area contributed by atoms with Crippen molar-refractivity contribution in [2.24, 2.45) is 0 Å². The maximum absolute atomic E-state index is 11.6. The van der Waals surface area contributed by atoms with Crippen LogP contribution in [0.5, 0.6) is 0 Å². The van der Waals surface area contributed by atoms with Crippen molar-refractivity contribution in [3.8, 4) is 0 Å². The van der Waals surface area contributed by atoms with E-state index in [2.05, 4.69) is 9.97 Å². The summed E-state index contributed by atoms with van der Waals surface area (Å²) >= 11 is 0. The molecule has 6 heteroatoms. The quantitative estimate of drug-likeness (QED) is 0.579. The van der Waals surface area contributed by atoms with Gasteiger partial charge in [0.1, 0.15) is 11.4 Å². The van der Waals surface area contributed by atoms with Gasteiger partial charge in [-0.3, -0.25) is 4.79 Å². The second-order valence-electron chi connectivity index (χ2n) is 3.39. The van der Waals surface area contributed by atoms with Crippen molar-refractivity contribution in [3.05, 3.63) is 27.9 Å². The number of ether oxygens (including phenoxy) is 2. The zero-order valence-electron chi connectivity index (χ0n) is 9.99. The van der Waals surface area contributed by atoms with Gasteiger partial charge in [-0.05, 0) is 13.3 Å². The van der Waals surface area contributed by atoms with Crippen LogP contribution < -0.4 is 5.56 Å². The fourth-order valence-corrected chi connectivity index (χ4v) is 1.30. The SMILES string of the molecule is CCOC(=O)c1cnc(CCCOC)[nH]c1=O. The third kappa shape index (κ3) is 3.99. The Kier molecular flexibility index (Phi) is 5.35. The van der Waals surface area contributed by atoms with Crippen LogP contribution in [0.1, 0.15) is 29.5 Å². The van der Waals surface area contributed by atoms with Crippen molar-refractivity contribution in [1.82, 2.24) is 9.97 Å². The van der Waals surface area contributed by atoms with E-state index in [4.69, 9.17) is 9.47 Å². The van der Waals surface area contributed by atoms with E-state index >= 15 is 0 Å².